The smallest absolute Gasteiger partial charge is 0.225 e. The summed E-state index contributed by atoms with van der Waals surface area (Å²) in [6, 6.07) is 12.6. The number of nitrogens with zero attached hydrogens (tertiary/aromatic N) is 5. The molecule has 6 nitrogen and oxygen atoms in total. The van der Waals surface area contributed by atoms with Crippen LogP contribution in [0.2, 0.25) is 0 Å². The van der Waals surface area contributed by atoms with Gasteiger partial charge in [0.05, 0.1) is 0 Å². The Balaban J connectivity index is 1.22. The molecule has 136 valence electrons. The zero-order valence-electron chi connectivity index (χ0n) is 15.0. The molecule has 1 saturated heterocycles. The van der Waals surface area contributed by atoms with E-state index in [0.29, 0.717) is 17.8 Å². The van der Waals surface area contributed by atoms with Crippen LogP contribution in [0.3, 0.4) is 0 Å². The first kappa shape index (κ1) is 16.8. The van der Waals surface area contributed by atoms with Crippen LogP contribution >= 0.6 is 0 Å². The highest BCUT2D eigenvalue weighted by Crippen LogP contribution is 2.41. The monoisotopic (exact) mass is 350 g/mol. The molecule has 4 rings (SSSR count). The summed E-state index contributed by atoms with van der Waals surface area (Å²) in [5.41, 5.74) is 7.69. The van der Waals surface area contributed by atoms with Gasteiger partial charge in [0.25, 0.3) is 0 Å². The first-order chi connectivity index (χ1) is 12.8. The van der Waals surface area contributed by atoms with Gasteiger partial charge in [-0.2, -0.15) is 0 Å². The molecule has 2 aromatic rings. The van der Waals surface area contributed by atoms with E-state index in [1.165, 1.54) is 18.4 Å². The van der Waals surface area contributed by atoms with Crippen LogP contribution in [0.4, 0.5) is 5.95 Å². The van der Waals surface area contributed by atoms with Crippen LogP contribution in [-0.2, 0) is 0 Å². The Kier molecular flexibility index (Phi) is 5.00. The second-order valence-corrected chi connectivity index (χ2v) is 7.17. The number of nitrogens with two attached hydrogens (primary N) is 1. The largest absolute Gasteiger partial charge is 0.370 e. The van der Waals surface area contributed by atoms with Crippen molar-refractivity contribution in [2.45, 2.75) is 18.8 Å². The van der Waals surface area contributed by atoms with Gasteiger partial charge >= 0.3 is 0 Å². The van der Waals surface area contributed by atoms with E-state index in [1.54, 1.807) is 12.4 Å². The Bertz CT molecular complexity index is 718. The van der Waals surface area contributed by atoms with Gasteiger partial charge in [-0.1, -0.05) is 30.3 Å². The lowest BCUT2D eigenvalue weighted by atomic mass is 9.71. The first-order valence-corrected chi connectivity index (χ1v) is 9.41. The SMILES string of the molecule is NC(=NCC1CC(c2ccccc2)C1)N1CCN(c2ncccn2)CC1. The molecule has 2 fully saturated rings. The van der Waals surface area contributed by atoms with Crippen molar-refractivity contribution in [2.75, 3.05) is 37.6 Å². The van der Waals surface area contributed by atoms with Crippen LogP contribution in [-0.4, -0.2) is 53.6 Å². The minimum atomic E-state index is 0.665. The highest BCUT2D eigenvalue weighted by Gasteiger charge is 2.30. The molecule has 6 heteroatoms. The lowest BCUT2D eigenvalue weighted by Gasteiger charge is -2.36. The van der Waals surface area contributed by atoms with E-state index < -0.39 is 0 Å². The maximum Gasteiger partial charge on any atom is 0.225 e. The molecule has 26 heavy (non-hydrogen) atoms. The molecule has 0 spiro atoms. The standard InChI is InChI=1S/C20H26N6/c21-19(24-15-16-13-18(14-16)17-5-2-1-3-6-17)25-9-11-26(12-10-25)20-22-7-4-8-23-20/h1-8,16,18H,9-15H2,(H2,21,24). The number of aliphatic imine (C=N–C) groups is 1. The van der Waals surface area contributed by atoms with Crippen LogP contribution in [0.5, 0.6) is 0 Å². The van der Waals surface area contributed by atoms with Gasteiger partial charge in [0, 0.05) is 45.1 Å². The van der Waals surface area contributed by atoms with Gasteiger partial charge in [-0.3, -0.25) is 4.99 Å². The van der Waals surface area contributed by atoms with Crippen LogP contribution in [0.25, 0.3) is 0 Å². The fourth-order valence-electron chi connectivity index (χ4n) is 3.79. The third kappa shape index (κ3) is 3.79. The van der Waals surface area contributed by atoms with Crippen molar-refractivity contribution < 1.29 is 0 Å². The van der Waals surface area contributed by atoms with Crippen molar-refractivity contribution in [3.63, 3.8) is 0 Å². The second kappa shape index (κ2) is 7.72. The highest BCUT2D eigenvalue weighted by molar-refractivity contribution is 5.78. The molecular formula is C20H26N6. The summed E-state index contributed by atoms with van der Waals surface area (Å²) in [7, 11) is 0. The lowest BCUT2D eigenvalue weighted by molar-refractivity contribution is 0.271. The van der Waals surface area contributed by atoms with Gasteiger partial charge in [0.2, 0.25) is 5.95 Å². The summed E-state index contributed by atoms with van der Waals surface area (Å²) in [6.45, 7) is 4.33. The number of aromatic nitrogens is 2. The molecule has 2 heterocycles. The van der Waals surface area contributed by atoms with Gasteiger partial charge in [0.15, 0.2) is 5.96 Å². The highest BCUT2D eigenvalue weighted by atomic mass is 15.3. The van der Waals surface area contributed by atoms with Crippen molar-refractivity contribution in [3.05, 3.63) is 54.4 Å². The summed E-state index contributed by atoms with van der Waals surface area (Å²) in [4.78, 5) is 17.7. The number of piperazine rings is 1. The average Bonchev–Trinajstić information content (AvgIpc) is 2.68. The van der Waals surface area contributed by atoms with Gasteiger partial charge in [-0.15, -0.1) is 0 Å². The fraction of sp³-hybridized carbons (Fsp3) is 0.450. The van der Waals surface area contributed by atoms with Crippen LogP contribution < -0.4 is 10.6 Å². The quantitative estimate of drug-likeness (QED) is 0.675. The topological polar surface area (TPSA) is 70.6 Å². The number of rotatable bonds is 4. The van der Waals surface area contributed by atoms with E-state index in [9.17, 15) is 0 Å². The third-order valence-electron chi connectivity index (χ3n) is 5.46. The van der Waals surface area contributed by atoms with E-state index in [-0.39, 0.29) is 0 Å². The number of hydrogen-bond acceptors (Lipinski definition) is 4. The molecule has 1 aromatic carbocycles. The Morgan fingerprint density at radius 3 is 2.38 bits per heavy atom. The van der Waals surface area contributed by atoms with E-state index in [4.69, 9.17) is 5.73 Å². The van der Waals surface area contributed by atoms with E-state index in [0.717, 1.165) is 38.7 Å². The molecule has 2 N–H and O–H groups in total. The predicted molar refractivity (Wildman–Crippen MR) is 104 cm³/mol. The minimum Gasteiger partial charge on any atom is -0.370 e. The lowest BCUT2D eigenvalue weighted by Crippen LogP contribution is -2.51. The van der Waals surface area contributed by atoms with Crippen LogP contribution in [0.15, 0.2) is 53.8 Å². The second-order valence-electron chi connectivity index (χ2n) is 7.17. The van der Waals surface area contributed by atoms with Crippen molar-refractivity contribution in [2.24, 2.45) is 16.6 Å². The molecular weight excluding hydrogens is 324 g/mol. The zero-order chi connectivity index (χ0) is 17.8. The number of anilines is 1. The Labute approximate surface area is 154 Å². The summed E-state index contributed by atoms with van der Waals surface area (Å²) in [5.74, 6) is 2.84. The molecule has 1 aliphatic heterocycles. The molecule has 2 aliphatic rings. The van der Waals surface area contributed by atoms with Gasteiger partial charge in [0.1, 0.15) is 0 Å². The van der Waals surface area contributed by atoms with Crippen LogP contribution in [0.1, 0.15) is 24.3 Å². The van der Waals surface area contributed by atoms with E-state index >= 15 is 0 Å². The number of guanidine groups is 1. The van der Waals surface area contributed by atoms with Crippen molar-refractivity contribution >= 4 is 11.9 Å². The zero-order valence-corrected chi connectivity index (χ0v) is 15.0. The van der Waals surface area contributed by atoms with Crippen LogP contribution in [0, 0.1) is 5.92 Å². The molecule has 0 amide bonds. The average molecular weight is 350 g/mol. The number of hydrogen-bond donors (Lipinski definition) is 1. The molecule has 0 bridgehead atoms. The summed E-state index contributed by atoms with van der Waals surface area (Å²) >= 11 is 0. The number of benzene rings is 1. The predicted octanol–water partition coefficient (Wildman–Crippen LogP) is 2.11. The molecule has 1 aliphatic carbocycles. The Morgan fingerprint density at radius 2 is 1.69 bits per heavy atom. The molecule has 0 atom stereocenters. The van der Waals surface area contributed by atoms with Gasteiger partial charge in [-0.05, 0) is 36.3 Å². The Hall–Kier alpha value is -2.63. The molecule has 0 radical (unpaired) electrons. The summed E-state index contributed by atoms with van der Waals surface area (Å²) < 4.78 is 0. The maximum absolute atomic E-state index is 6.23. The first-order valence-electron chi connectivity index (χ1n) is 9.41. The van der Waals surface area contributed by atoms with Gasteiger partial charge < -0.3 is 15.5 Å². The van der Waals surface area contributed by atoms with E-state index in [1.807, 2.05) is 6.07 Å². The van der Waals surface area contributed by atoms with Crippen molar-refractivity contribution in [1.82, 2.24) is 14.9 Å². The summed E-state index contributed by atoms with van der Waals surface area (Å²) in [5, 5.41) is 0. The normalized spacial score (nSPS) is 23.6. The van der Waals surface area contributed by atoms with Gasteiger partial charge in [-0.25, -0.2) is 9.97 Å². The minimum absolute atomic E-state index is 0.665. The van der Waals surface area contributed by atoms with Crippen molar-refractivity contribution in [1.29, 1.82) is 0 Å². The van der Waals surface area contributed by atoms with Crippen molar-refractivity contribution in [3.8, 4) is 0 Å². The maximum atomic E-state index is 6.23. The summed E-state index contributed by atoms with van der Waals surface area (Å²) in [6.07, 6.45) is 6.01. The van der Waals surface area contributed by atoms with E-state index in [2.05, 4.69) is 55.1 Å². The molecule has 1 saturated carbocycles. The molecule has 0 unspecified atom stereocenters. The third-order valence-corrected chi connectivity index (χ3v) is 5.46. The molecule has 1 aromatic heterocycles. The Morgan fingerprint density at radius 1 is 1.00 bits per heavy atom. The fourth-order valence-corrected chi connectivity index (χ4v) is 3.79.